The van der Waals surface area contributed by atoms with Gasteiger partial charge in [0, 0.05) is 6.42 Å². The predicted molar refractivity (Wildman–Crippen MR) is 96.9 cm³/mol. The molecule has 138 valence electrons. The second kappa shape index (κ2) is 8.80. The smallest absolute Gasteiger partial charge is 0.200 e. The molecule has 0 heterocycles. The number of methoxy groups -OCH3 is 1. The highest BCUT2D eigenvalue weighted by molar-refractivity contribution is 5.89. The van der Waals surface area contributed by atoms with Crippen LogP contribution in [0.25, 0.3) is 0 Å². The van der Waals surface area contributed by atoms with E-state index in [2.05, 4.69) is 0 Å². The number of ether oxygens (including phenoxy) is 1. The van der Waals surface area contributed by atoms with E-state index in [0.29, 0.717) is 24.8 Å². The van der Waals surface area contributed by atoms with Gasteiger partial charge in [0.2, 0.25) is 5.75 Å². The first-order valence-corrected chi connectivity index (χ1v) is 8.19. The van der Waals surface area contributed by atoms with Gasteiger partial charge in [0.25, 0.3) is 0 Å². The van der Waals surface area contributed by atoms with Crippen molar-refractivity contribution >= 4 is 5.78 Å². The van der Waals surface area contributed by atoms with E-state index >= 15 is 0 Å². The van der Waals surface area contributed by atoms with E-state index in [4.69, 9.17) is 4.74 Å². The number of allylic oxidation sites excluding steroid dienone is 2. The van der Waals surface area contributed by atoms with Crippen LogP contribution in [0.15, 0.2) is 42.5 Å². The van der Waals surface area contributed by atoms with Gasteiger partial charge in [0.05, 0.1) is 7.11 Å². The molecule has 0 saturated carbocycles. The van der Waals surface area contributed by atoms with Gasteiger partial charge in [0.15, 0.2) is 28.8 Å². The predicted octanol–water partition coefficient (Wildman–Crippen LogP) is 3.21. The molecule has 0 bridgehead atoms. The number of phenolic OH excluding ortho intramolecular Hbond substituents is 4. The Bertz CT molecular complexity index is 810. The van der Waals surface area contributed by atoms with Crippen molar-refractivity contribution in [2.75, 3.05) is 7.11 Å². The van der Waals surface area contributed by atoms with Gasteiger partial charge >= 0.3 is 0 Å². The first kappa shape index (κ1) is 19.2. The number of hydrogen-bond acceptors (Lipinski definition) is 6. The van der Waals surface area contributed by atoms with Gasteiger partial charge in [-0.1, -0.05) is 12.1 Å². The molecule has 0 aliphatic heterocycles. The molecule has 0 spiro atoms. The minimum atomic E-state index is -0.317. The molecular formula is C20H22O6. The monoisotopic (exact) mass is 358 g/mol. The first-order chi connectivity index (χ1) is 12.4. The summed E-state index contributed by atoms with van der Waals surface area (Å²) < 4.78 is 4.97. The Balaban J connectivity index is 1.82. The van der Waals surface area contributed by atoms with Crippen LogP contribution in [0, 0.1) is 0 Å². The normalized spacial score (nSPS) is 11.0. The molecule has 0 aliphatic carbocycles. The highest BCUT2D eigenvalue weighted by Gasteiger charge is 2.10. The summed E-state index contributed by atoms with van der Waals surface area (Å²) in [5, 5.41) is 37.9. The fraction of sp³-hybridized carbons (Fsp3) is 0.250. The van der Waals surface area contributed by atoms with Gasteiger partial charge in [-0.2, -0.15) is 0 Å². The number of benzene rings is 2. The number of carbonyl (C=O) groups excluding carboxylic acids is 1. The lowest BCUT2D eigenvalue weighted by atomic mass is 10.1. The second-order valence-electron chi connectivity index (χ2n) is 5.90. The number of ketones is 1. The molecule has 0 amide bonds. The van der Waals surface area contributed by atoms with Gasteiger partial charge in [-0.05, 0) is 60.7 Å². The topological polar surface area (TPSA) is 107 Å². The maximum absolute atomic E-state index is 11.9. The zero-order valence-electron chi connectivity index (χ0n) is 14.5. The third-order valence-corrected chi connectivity index (χ3v) is 3.94. The standard InChI is InChI=1S/C20H22O6/c1-26-19-12-14(11-18(24)20(19)25)6-8-15(21)5-3-2-4-13-7-9-16(22)17(23)10-13/h3,5,7,9-12,22-25H,2,4,6,8H2,1H3. The van der Waals surface area contributed by atoms with Crippen LogP contribution in [0.3, 0.4) is 0 Å². The van der Waals surface area contributed by atoms with Gasteiger partial charge in [-0.25, -0.2) is 0 Å². The average Bonchev–Trinajstić information content (AvgIpc) is 2.62. The number of aromatic hydroxyl groups is 4. The largest absolute Gasteiger partial charge is 0.504 e. The summed E-state index contributed by atoms with van der Waals surface area (Å²) in [7, 11) is 1.39. The number of phenols is 4. The summed E-state index contributed by atoms with van der Waals surface area (Å²) in [5.41, 5.74) is 1.56. The van der Waals surface area contributed by atoms with E-state index in [1.54, 1.807) is 18.2 Å². The summed E-state index contributed by atoms with van der Waals surface area (Å²) in [4.78, 5) is 11.9. The maximum Gasteiger partial charge on any atom is 0.200 e. The van der Waals surface area contributed by atoms with Crippen molar-refractivity contribution in [3.63, 3.8) is 0 Å². The minimum absolute atomic E-state index is 0.0508. The lowest BCUT2D eigenvalue weighted by Gasteiger charge is -2.08. The van der Waals surface area contributed by atoms with Crippen LogP contribution < -0.4 is 4.74 Å². The Hall–Kier alpha value is -3.15. The van der Waals surface area contributed by atoms with Crippen LogP contribution in [0.4, 0.5) is 0 Å². The van der Waals surface area contributed by atoms with E-state index in [1.807, 2.05) is 0 Å². The van der Waals surface area contributed by atoms with Crippen molar-refractivity contribution in [2.45, 2.75) is 25.7 Å². The average molecular weight is 358 g/mol. The maximum atomic E-state index is 11.9. The number of rotatable bonds is 8. The van der Waals surface area contributed by atoms with E-state index in [1.165, 1.54) is 31.4 Å². The minimum Gasteiger partial charge on any atom is -0.504 e. The first-order valence-electron chi connectivity index (χ1n) is 8.19. The molecule has 0 saturated heterocycles. The molecule has 6 heteroatoms. The van der Waals surface area contributed by atoms with Crippen molar-refractivity contribution in [2.24, 2.45) is 0 Å². The van der Waals surface area contributed by atoms with Gasteiger partial charge < -0.3 is 25.2 Å². The summed E-state index contributed by atoms with van der Waals surface area (Å²) in [6.45, 7) is 0. The van der Waals surface area contributed by atoms with E-state index < -0.39 is 0 Å². The summed E-state index contributed by atoms with van der Waals surface area (Å²) >= 11 is 0. The Morgan fingerprint density at radius 2 is 1.69 bits per heavy atom. The molecule has 2 rings (SSSR count). The zero-order valence-corrected chi connectivity index (χ0v) is 14.5. The second-order valence-corrected chi connectivity index (χ2v) is 5.90. The summed E-state index contributed by atoms with van der Waals surface area (Å²) in [6.07, 6.45) is 5.23. The molecule has 4 N–H and O–H groups in total. The van der Waals surface area contributed by atoms with Crippen LogP contribution in [0.5, 0.6) is 28.7 Å². The van der Waals surface area contributed by atoms with Crippen molar-refractivity contribution in [1.29, 1.82) is 0 Å². The molecule has 0 unspecified atom stereocenters. The number of aryl methyl sites for hydroxylation is 2. The van der Waals surface area contributed by atoms with Crippen LogP contribution in [0.1, 0.15) is 24.0 Å². The van der Waals surface area contributed by atoms with E-state index in [-0.39, 0.29) is 41.0 Å². The number of hydrogen-bond donors (Lipinski definition) is 4. The highest BCUT2D eigenvalue weighted by Crippen LogP contribution is 2.36. The molecule has 26 heavy (non-hydrogen) atoms. The molecule has 6 nitrogen and oxygen atoms in total. The van der Waals surface area contributed by atoms with Crippen LogP contribution in [0.2, 0.25) is 0 Å². The fourth-order valence-electron chi connectivity index (χ4n) is 2.49. The molecule has 0 radical (unpaired) electrons. The van der Waals surface area contributed by atoms with Crippen LogP contribution in [-0.2, 0) is 17.6 Å². The van der Waals surface area contributed by atoms with Crippen molar-refractivity contribution < 1.29 is 30.0 Å². The van der Waals surface area contributed by atoms with Gasteiger partial charge in [-0.3, -0.25) is 4.79 Å². The Kier molecular flexibility index (Phi) is 6.49. The molecule has 2 aromatic carbocycles. The zero-order chi connectivity index (χ0) is 19.1. The third-order valence-electron chi connectivity index (χ3n) is 3.94. The summed E-state index contributed by atoms with van der Waals surface area (Å²) in [6, 6.07) is 7.64. The molecule has 0 atom stereocenters. The Labute approximate surface area is 151 Å². The van der Waals surface area contributed by atoms with Gasteiger partial charge in [0.1, 0.15) is 0 Å². The van der Waals surface area contributed by atoms with E-state index in [9.17, 15) is 25.2 Å². The highest BCUT2D eigenvalue weighted by atomic mass is 16.5. The van der Waals surface area contributed by atoms with Gasteiger partial charge in [-0.15, -0.1) is 0 Å². The molecule has 2 aromatic rings. The SMILES string of the molecule is COc1cc(CCC(=O)C=CCCc2ccc(O)c(O)c2)cc(O)c1O. The lowest BCUT2D eigenvalue weighted by molar-refractivity contribution is -0.114. The molecule has 0 aliphatic rings. The molecule has 0 aromatic heterocycles. The number of carbonyl (C=O) groups is 1. The van der Waals surface area contributed by atoms with Crippen molar-refractivity contribution in [1.82, 2.24) is 0 Å². The third kappa shape index (κ3) is 5.17. The van der Waals surface area contributed by atoms with Crippen molar-refractivity contribution in [3.8, 4) is 28.7 Å². The van der Waals surface area contributed by atoms with Crippen LogP contribution >= 0.6 is 0 Å². The molecule has 0 fully saturated rings. The fourth-order valence-corrected chi connectivity index (χ4v) is 2.49. The summed E-state index contributed by atoms with van der Waals surface area (Å²) in [5.74, 6) is -0.793. The lowest BCUT2D eigenvalue weighted by Crippen LogP contribution is -1.97. The van der Waals surface area contributed by atoms with Crippen molar-refractivity contribution in [3.05, 3.63) is 53.6 Å². The van der Waals surface area contributed by atoms with Crippen LogP contribution in [-0.4, -0.2) is 33.3 Å². The Morgan fingerprint density at radius 1 is 0.962 bits per heavy atom. The quantitative estimate of drug-likeness (QED) is 0.426. The molecular weight excluding hydrogens is 336 g/mol. The van der Waals surface area contributed by atoms with E-state index in [0.717, 1.165) is 5.56 Å². The Morgan fingerprint density at radius 3 is 2.38 bits per heavy atom.